The smallest absolute Gasteiger partial charge is 0.229 e. The normalized spacial score (nSPS) is 16.3. The molecular formula is C22H26ClN3O3. The highest BCUT2D eigenvalue weighted by atomic mass is 35.5. The summed E-state index contributed by atoms with van der Waals surface area (Å²) in [4.78, 5) is 28.9. The van der Waals surface area contributed by atoms with Crippen molar-refractivity contribution in [3.63, 3.8) is 0 Å². The van der Waals surface area contributed by atoms with Gasteiger partial charge in [0, 0.05) is 24.5 Å². The van der Waals surface area contributed by atoms with Gasteiger partial charge in [0.2, 0.25) is 11.8 Å². The molecule has 1 fully saturated rings. The number of anilines is 1. The van der Waals surface area contributed by atoms with Gasteiger partial charge in [0.1, 0.15) is 5.75 Å². The number of nitrogens with one attached hydrogen (secondary N) is 1. The van der Waals surface area contributed by atoms with E-state index in [1.165, 1.54) is 0 Å². The summed E-state index contributed by atoms with van der Waals surface area (Å²) < 4.78 is 5.89. The summed E-state index contributed by atoms with van der Waals surface area (Å²) in [6, 6.07) is 14.4. The Bertz CT molecular complexity index is 858. The first kappa shape index (κ1) is 21.1. The third kappa shape index (κ3) is 5.95. The number of carbonyl (C=O) groups excluding carboxylic acids is 2. The molecule has 2 amide bonds. The van der Waals surface area contributed by atoms with Crippen molar-refractivity contribution in [3.8, 4) is 11.5 Å². The average Bonchev–Trinajstić information content (AvgIpc) is 3.05. The molecule has 1 N–H and O–H groups in total. The molecule has 2 aromatic rings. The van der Waals surface area contributed by atoms with Crippen LogP contribution in [0.3, 0.4) is 0 Å². The summed E-state index contributed by atoms with van der Waals surface area (Å²) >= 11 is 6.12. The lowest BCUT2D eigenvalue weighted by atomic mass is 10.1. The number of hydrogen-bond donors (Lipinski definition) is 1. The lowest BCUT2D eigenvalue weighted by Crippen LogP contribution is -2.30. The molecule has 6 nitrogen and oxygen atoms in total. The first-order chi connectivity index (χ1) is 13.9. The minimum Gasteiger partial charge on any atom is -0.455 e. The van der Waals surface area contributed by atoms with Crippen LogP contribution in [0.1, 0.15) is 12.8 Å². The van der Waals surface area contributed by atoms with E-state index < -0.39 is 0 Å². The lowest BCUT2D eigenvalue weighted by Gasteiger charge is -2.18. The Morgan fingerprint density at radius 2 is 2.00 bits per heavy atom. The van der Waals surface area contributed by atoms with Crippen LogP contribution in [-0.4, -0.2) is 55.3 Å². The fraction of sp³-hybridized carbons (Fsp3) is 0.364. The molecule has 1 heterocycles. The van der Waals surface area contributed by atoms with E-state index >= 15 is 0 Å². The fourth-order valence-electron chi connectivity index (χ4n) is 3.28. The van der Waals surface area contributed by atoms with Crippen LogP contribution in [0.2, 0.25) is 5.02 Å². The minimum atomic E-state index is -0.384. The monoisotopic (exact) mass is 415 g/mol. The van der Waals surface area contributed by atoms with Crippen molar-refractivity contribution in [3.05, 3.63) is 53.6 Å². The standard InChI is InChI=1S/C22H26ClN3O3/c1-25(2)11-6-12-26-15-16(13-21(26)27)22(28)24-19-14-17(23)9-10-20(19)29-18-7-4-3-5-8-18/h3-5,7-10,14,16H,6,11-13,15H2,1-2H3,(H,24,28). The number of amides is 2. The van der Waals surface area contributed by atoms with Crippen LogP contribution in [0.4, 0.5) is 5.69 Å². The molecule has 0 aliphatic carbocycles. The quantitative estimate of drug-likeness (QED) is 0.710. The van der Waals surface area contributed by atoms with Gasteiger partial charge in [-0.3, -0.25) is 9.59 Å². The zero-order chi connectivity index (χ0) is 20.8. The van der Waals surface area contributed by atoms with Crippen LogP contribution in [0.15, 0.2) is 48.5 Å². The molecule has 1 atom stereocenters. The molecule has 0 saturated carbocycles. The summed E-state index contributed by atoms with van der Waals surface area (Å²) in [7, 11) is 4.00. The van der Waals surface area contributed by atoms with E-state index in [-0.39, 0.29) is 24.2 Å². The van der Waals surface area contributed by atoms with Crippen molar-refractivity contribution in [2.75, 3.05) is 39.0 Å². The van der Waals surface area contributed by atoms with E-state index in [1.54, 1.807) is 23.1 Å². The van der Waals surface area contributed by atoms with Crippen molar-refractivity contribution < 1.29 is 14.3 Å². The Morgan fingerprint density at radius 3 is 2.72 bits per heavy atom. The van der Waals surface area contributed by atoms with Gasteiger partial charge in [-0.15, -0.1) is 0 Å². The summed E-state index contributed by atoms with van der Waals surface area (Å²) in [6.07, 6.45) is 1.11. The molecule has 1 saturated heterocycles. The largest absolute Gasteiger partial charge is 0.455 e. The van der Waals surface area contributed by atoms with Crippen LogP contribution in [0.5, 0.6) is 11.5 Å². The molecule has 0 aromatic heterocycles. The first-order valence-corrected chi connectivity index (χ1v) is 10.1. The third-order valence-electron chi connectivity index (χ3n) is 4.79. The number of likely N-dealkylation sites (tertiary alicyclic amines) is 1. The molecular weight excluding hydrogens is 390 g/mol. The predicted molar refractivity (Wildman–Crippen MR) is 114 cm³/mol. The van der Waals surface area contributed by atoms with Gasteiger partial charge in [-0.25, -0.2) is 0 Å². The molecule has 3 rings (SSSR count). The highest BCUT2D eigenvalue weighted by Gasteiger charge is 2.34. The molecule has 0 radical (unpaired) electrons. The van der Waals surface area contributed by atoms with Crippen LogP contribution in [0, 0.1) is 5.92 Å². The van der Waals surface area contributed by atoms with Crippen LogP contribution in [-0.2, 0) is 9.59 Å². The number of nitrogens with zero attached hydrogens (tertiary/aromatic N) is 2. The van der Waals surface area contributed by atoms with Gasteiger partial charge in [-0.1, -0.05) is 29.8 Å². The first-order valence-electron chi connectivity index (χ1n) is 9.68. The maximum absolute atomic E-state index is 12.8. The SMILES string of the molecule is CN(C)CCCN1CC(C(=O)Nc2cc(Cl)ccc2Oc2ccccc2)CC1=O. The molecule has 2 aromatic carbocycles. The maximum atomic E-state index is 12.8. The fourth-order valence-corrected chi connectivity index (χ4v) is 3.45. The second-order valence-corrected chi connectivity index (χ2v) is 7.88. The van der Waals surface area contributed by atoms with Crippen LogP contribution in [0.25, 0.3) is 0 Å². The molecule has 154 valence electrons. The van der Waals surface area contributed by atoms with Crippen molar-refractivity contribution >= 4 is 29.1 Å². The maximum Gasteiger partial charge on any atom is 0.229 e. The number of para-hydroxylation sites is 1. The average molecular weight is 416 g/mol. The molecule has 0 bridgehead atoms. The Labute approximate surface area is 176 Å². The van der Waals surface area contributed by atoms with E-state index in [2.05, 4.69) is 10.2 Å². The number of rotatable bonds is 8. The number of carbonyl (C=O) groups is 2. The summed E-state index contributed by atoms with van der Waals surface area (Å²) in [5.41, 5.74) is 0.491. The number of hydrogen-bond acceptors (Lipinski definition) is 4. The van der Waals surface area contributed by atoms with Crippen molar-refractivity contribution in [1.82, 2.24) is 9.80 Å². The molecule has 0 spiro atoms. The van der Waals surface area contributed by atoms with Gasteiger partial charge in [0.25, 0.3) is 0 Å². The van der Waals surface area contributed by atoms with Crippen LogP contribution >= 0.6 is 11.6 Å². The van der Waals surface area contributed by atoms with E-state index in [9.17, 15) is 9.59 Å². The highest BCUT2D eigenvalue weighted by Crippen LogP contribution is 2.33. The van der Waals surface area contributed by atoms with Gasteiger partial charge < -0.3 is 19.9 Å². The predicted octanol–water partition coefficient (Wildman–Crippen LogP) is 3.87. The van der Waals surface area contributed by atoms with Gasteiger partial charge in [-0.2, -0.15) is 0 Å². The summed E-state index contributed by atoms with van der Waals surface area (Å²) in [5.74, 6) is 0.601. The summed E-state index contributed by atoms with van der Waals surface area (Å²) in [6.45, 7) is 2.01. The molecule has 29 heavy (non-hydrogen) atoms. The zero-order valence-electron chi connectivity index (χ0n) is 16.7. The molecule has 7 heteroatoms. The number of halogens is 1. The van der Waals surface area contributed by atoms with E-state index in [0.717, 1.165) is 13.0 Å². The van der Waals surface area contributed by atoms with Gasteiger partial charge >= 0.3 is 0 Å². The summed E-state index contributed by atoms with van der Waals surface area (Å²) in [5, 5.41) is 3.39. The van der Waals surface area contributed by atoms with Gasteiger partial charge in [0.05, 0.1) is 11.6 Å². The van der Waals surface area contributed by atoms with Crippen molar-refractivity contribution in [2.45, 2.75) is 12.8 Å². The second-order valence-electron chi connectivity index (χ2n) is 7.44. The van der Waals surface area contributed by atoms with Crippen molar-refractivity contribution in [1.29, 1.82) is 0 Å². The van der Waals surface area contributed by atoms with Gasteiger partial charge in [-0.05, 0) is 57.4 Å². The lowest BCUT2D eigenvalue weighted by molar-refractivity contribution is -0.128. The van der Waals surface area contributed by atoms with Crippen molar-refractivity contribution in [2.24, 2.45) is 5.92 Å². The third-order valence-corrected chi connectivity index (χ3v) is 5.02. The zero-order valence-corrected chi connectivity index (χ0v) is 17.5. The van der Waals surface area contributed by atoms with E-state index in [4.69, 9.17) is 16.3 Å². The second kappa shape index (κ2) is 9.76. The van der Waals surface area contributed by atoms with E-state index in [1.807, 2.05) is 44.4 Å². The Morgan fingerprint density at radius 1 is 1.24 bits per heavy atom. The van der Waals surface area contributed by atoms with E-state index in [0.29, 0.717) is 35.3 Å². The topological polar surface area (TPSA) is 61.9 Å². The minimum absolute atomic E-state index is 0.0239. The number of benzene rings is 2. The molecule has 1 aliphatic rings. The number of ether oxygens (including phenoxy) is 1. The Hall–Kier alpha value is -2.57. The molecule has 1 unspecified atom stereocenters. The van der Waals surface area contributed by atoms with Gasteiger partial charge in [0.15, 0.2) is 5.75 Å². The Kier molecular flexibility index (Phi) is 7.12. The highest BCUT2D eigenvalue weighted by molar-refractivity contribution is 6.31. The molecule has 1 aliphatic heterocycles. The Balaban J connectivity index is 1.64. The van der Waals surface area contributed by atoms with Crippen LogP contribution < -0.4 is 10.1 Å².